The number of nitrogens with zero attached hydrogens (tertiary/aromatic N) is 6. The van der Waals surface area contributed by atoms with E-state index in [2.05, 4.69) is 16.9 Å². The largest absolute Gasteiger partial charge is 0.377 e. The van der Waals surface area contributed by atoms with Gasteiger partial charge in [-0.15, -0.1) is 0 Å². The Bertz CT molecular complexity index is 1280. The zero-order valence-electron chi connectivity index (χ0n) is 19.0. The summed E-state index contributed by atoms with van der Waals surface area (Å²) in [6.07, 6.45) is 6.43. The molecule has 0 spiro atoms. The number of rotatable bonds is 7. The second-order valence-electron chi connectivity index (χ2n) is 8.27. The monoisotopic (exact) mass is 444 g/mol. The highest BCUT2D eigenvalue weighted by atomic mass is 16.5. The van der Waals surface area contributed by atoms with Crippen LogP contribution in [0, 0.1) is 0 Å². The number of aryl methyl sites for hydroxylation is 1. The minimum absolute atomic E-state index is 0.0355. The summed E-state index contributed by atoms with van der Waals surface area (Å²) < 4.78 is 9.32. The molecule has 1 unspecified atom stereocenters. The topological polar surface area (TPSA) is 78.1 Å². The van der Waals surface area contributed by atoms with Gasteiger partial charge in [0.15, 0.2) is 0 Å². The lowest BCUT2D eigenvalue weighted by Crippen LogP contribution is -2.34. The molecule has 1 aliphatic rings. The highest BCUT2D eigenvalue weighted by molar-refractivity contribution is 5.81. The third kappa shape index (κ3) is 4.02. The van der Waals surface area contributed by atoms with Gasteiger partial charge >= 0.3 is 0 Å². The van der Waals surface area contributed by atoms with Gasteiger partial charge in [0, 0.05) is 32.5 Å². The lowest BCUT2D eigenvalue weighted by molar-refractivity contribution is -0.132. The van der Waals surface area contributed by atoms with E-state index < -0.39 is 0 Å². The Morgan fingerprint density at radius 3 is 2.85 bits per heavy atom. The van der Waals surface area contributed by atoms with E-state index in [1.807, 2.05) is 62.7 Å². The Balaban J connectivity index is 1.42. The molecule has 1 atom stereocenters. The van der Waals surface area contributed by atoms with Gasteiger partial charge in [0.2, 0.25) is 5.91 Å². The van der Waals surface area contributed by atoms with E-state index in [-0.39, 0.29) is 18.5 Å². The molecule has 1 fully saturated rings. The maximum atomic E-state index is 13.5. The molecular formula is C25H28N6O2. The lowest BCUT2D eigenvalue weighted by atomic mass is 10.1. The van der Waals surface area contributed by atoms with Crippen LogP contribution in [0.3, 0.4) is 0 Å². The van der Waals surface area contributed by atoms with Crippen LogP contribution in [0.15, 0.2) is 54.9 Å². The number of carbonyl (C=O) groups is 1. The van der Waals surface area contributed by atoms with E-state index in [9.17, 15) is 4.79 Å². The van der Waals surface area contributed by atoms with Gasteiger partial charge in [-0.25, -0.2) is 15.0 Å². The van der Waals surface area contributed by atoms with E-state index in [4.69, 9.17) is 9.72 Å². The highest BCUT2D eigenvalue weighted by Crippen LogP contribution is 2.32. The summed E-state index contributed by atoms with van der Waals surface area (Å²) in [7, 11) is 1.64. The van der Waals surface area contributed by atoms with Crippen molar-refractivity contribution in [3.05, 3.63) is 72.2 Å². The van der Waals surface area contributed by atoms with Crippen LogP contribution in [0.1, 0.15) is 43.1 Å². The van der Waals surface area contributed by atoms with Gasteiger partial charge in [-0.3, -0.25) is 9.36 Å². The average Bonchev–Trinajstić information content (AvgIpc) is 3.58. The van der Waals surface area contributed by atoms with Crippen LogP contribution in [0.2, 0.25) is 0 Å². The molecule has 0 saturated carbocycles. The van der Waals surface area contributed by atoms with Crippen LogP contribution in [-0.2, 0) is 29.1 Å². The maximum Gasteiger partial charge on any atom is 0.243 e. The Morgan fingerprint density at radius 1 is 1.12 bits per heavy atom. The number of ether oxygens (including phenoxy) is 1. The summed E-state index contributed by atoms with van der Waals surface area (Å²) in [5.74, 6) is 2.64. The van der Waals surface area contributed by atoms with Crippen molar-refractivity contribution in [3.8, 4) is 5.82 Å². The van der Waals surface area contributed by atoms with Crippen molar-refractivity contribution in [2.75, 3.05) is 13.7 Å². The quantitative estimate of drug-likeness (QED) is 0.434. The third-order valence-electron chi connectivity index (χ3n) is 6.25. The minimum Gasteiger partial charge on any atom is -0.377 e. The van der Waals surface area contributed by atoms with Crippen LogP contribution in [0.5, 0.6) is 0 Å². The predicted octanol–water partition coefficient (Wildman–Crippen LogP) is 3.69. The summed E-state index contributed by atoms with van der Waals surface area (Å²) >= 11 is 0. The first kappa shape index (κ1) is 21.3. The van der Waals surface area contributed by atoms with Crippen molar-refractivity contribution in [3.63, 3.8) is 0 Å². The normalized spacial score (nSPS) is 16.1. The molecule has 0 aliphatic carbocycles. The fourth-order valence-electron chi connectivity index (χ4n) is 4.70. The number of carbonyl (C=O) groups excluding carboxylic acids is 1. The van der Waals surface area contributed by atoms with Crippen LogP contribution in [0.25, 0.3) is 16.9 Å². The van der Waals surface area contributed by atoms with Gasteiger partial charge in [-0.1, -0.05) is 25.1 Å². The lowest BCUT2D eigenvalue weighted by Gasteiger charge is -2.25. The van der Waals surface area contributed by atoms with Crippen LogP contribution < -0.4 is 0 Å². The molecule has 8 heteroatoms. The Hall–Kier alpha value is -3.52. The van der Waals surface area contributed by atoms with Crippen LogP contribution >= 0.6 is 0 Å². The molecule has 1 aromatic carbocycles. The number of amides is 1. The number of aromatic nitrogens is 5. The van der Waals surface area contributed by atoms with Gasteiger partial charge in [0.25, 0.3) is 0 Å². The van der Waals surface area contributed by atoms with Crippen LogP contribution in [-0.4, -0.2) is 48.5 Å². The summed E-state index contributed by atoms with van der Waals surface area (Å²) in [6, 6.07) is 13.9. The molecule has 170 valence electrons. The van der Waals surface area contributed by atoms with Crippen molar-refractivity contribution < 1.29 is 9.53 Å². The molecule has 4 aromatic rings. The number of hydrogen-bond acceptors (Lipinski definition) is 5. The molecule has 5 rings (SSSR count). The van der Waals surface area contributed by atoms with E-state index in [1.54, 1.807) is 13.3 Å². The molecule has 0 bridgehead atoms. The predicted molar refractivity (Wildman–Crippen MR) is 125 cm³/mol. The minimum atomic E-state index is -0.0355. The number of imidazole rings is 2. The number of methoxy groups -OCH3 is 1. The van der Waals surface area contributed by atoms with E-state index in [0.717, 1.165) is 60.0 Å². The molecule has 0 N–H and O–H groups in total. The van der Waals surface area contributed by atoms with E-state index in [0.29, 0.717) is 6.61 Å². The fourth-order valence-corrected chi connectivity index (χ4v) is 4.70. The molecule has 0 radical (unpaired) electrons. The number of likely N-dealkylation sites (tertiary alicyclic amines) is 1. The van der Waals surface area contributed by atoms with Crippen molar-refractivity contribution in [1.29, 1.82) is 0 Å². The van der Waals surface area contributed by atoms with Gasteiger partial charge < -0.3 is 14.2 Å². The molecule has 1 aliphatic heterocycles. The molecule has 1 amide bonds. The molecule has 8 nitrogen and oxygen atoms in total. The summed E-state index contributed by atoms with van der Waals surface area (Å²) in [5.41, 5.74) is 2.74. The van der Waals surface area contributed by atoms with Crippen molar-refractivity contribution in [2.24, 2.45) is 0 Å². The number of para-hydroxylation sites is 2. The van der Waals surface area contributed by atoms with E-state index >= 15 is 0 Å². The Labute approximate surface area is 192 Å². The average molecular weight is 445 g/mol. The second-order valence-corrected chi connectivity index (χ2v) is 8.27. The highest BCUT2D eigenvalue weighted by Gasteiger charge is 2.31. The Morgan fingerprint density at radius 2 is 2.00 bits per heavy atom. The molecule has 1 saturated heterocycles. The first-order chi connectivity index (χ1) is 16.2. The van der Waals surface area contributed by atoms with Gasteiger partial charge in [-0.2, -0.15) is 0 Å². The van der Waals surface area contributed by atoms with Gasteiger partial charge in [0.05, 0.1) is 22.8 Å². The molecule has 3 aromatic heterocycles. The summed E-state index contributed by atoms with van der Waals surface area (Å²) in [4.78, 5) is 29.5. The SMILES string of the molecule is CCc1nccn1-c1cccc(C2CCCN2C(=O)Cn2c(COC)nc3ccccc32)n1. The number of fused-ring (bicyclic) bond motifs is 1. The van der Waals surface area contributed by atoms with E-state index in [1.165, 1.54) is 0 Å². The molecular weight excluding hydrogens is 416 g/mol. The first-order valence-electron chi connectivity index (χ1n) is 11.4. The number of hydrogen-bond donors (Lipinski definition) is 0. The van der Waals surface area contributed by atoms with Crippen molar-refractivity contribution >= 4 is 16.9 Å². The summed E-state index contributed by atoms with van der Waals surface area (Å²) in [6.45, 7) is 3.40. The zero-order chi connectivity index (χ0) is 22.8. The number of pyridine rings is 1. The fraction of sp³-hybridized carbons (Fsp3) is 0.360. The molecule has 33 heavy (non-hydrogen) atoms. The first-order valence-corrected chi connectivity index (χ1v) is 11.4. The zero-order valence-corrected chi connectivity index (χ0v) is 19.0. The smallest absolute Gasteiger partial charge is 0.243 e. The molecule has 4 heterocycles. The van der Waals surface area contributed by atoms with Gasteiger partial charge in [-0.05, 0) is 37.1 Å². The standard InChI is InChI=1S/C25H28N6O2/c1-3-22-26-13-15-30(22)23-12-6-9-19(27-23)20-11-7-14-29(20)25(32)16-31-21-10-5-4-8-18(21)28-24(31)17-33-2/h4-6,8-10,12-13,15,20H,3,7,11,14,16-17H2,1-2H3. The number of benzene rings is 1. The van der Waals surface area contributed by atoms with Crippen molar-refractivity contribution in [2.45, 2.75) is 45.4 Å². The van der Waals surface area contributed by atoms with Crippen molar-refractivity contribution in [1.82, 2.24) is 29.0 Å². The second kappa shape index (κ2) is 9.15. The Kier molecular flexibility index (Phi) is 5.92. The maximum absolute atomic E-state index is 13.5. The van der Waals surface area contributed by atoms with Crippen LogP contribution in [0.4, 0.5) is 0 Å². The van der Waals surface area contributed by atoms with Gasteiger partial charge in [0.1, 0.15) is 30.6 Å². The third-order valence-corrected chi connectivity index (χ3v) is 6.25. The summed E-state index contributed by atoms with van der Waals surface area (Å²) in [5, 5.41) is 0.